The van der Waals surface area contributed by atoms with E-state index < -0.39 is 157 Å². The highest BCUT2D eigenvalue weighted by molar-refractivity contribution is 7.13. The van der Waals surface area contributed by atoms with Crippen LogP contribution >= 0.6 is 22.7 Å². The van der Waals surface area contributed by atoms with Crippen LogP contribution < -0.4 is 75.7 Å². The smallest absolute Gasteiger partial charge is 0.326 e. The molecule has 0 spiro atoms. The molecule has 4 aromatic heterocycles. The van der Waals surface area contributed by atoms with Crippen molar-refractivity contribution in [3.05, 3.63) is 112 Å². The van der Waals surface area contributed by atoms with Gasteiger partial charge in [0, 0.05) is 72.8 Å². The summed E-state index contributed by atoms with van der Waals surface area (Å²) < 4.78 is 5.92. The van der Waals surface area contributed by atoms with Crippen molar-refractivity contribution in [1.82, 2.24) is 83.3 Å². The number of fused-ring (bicyclic) bond motifs is 7. The number of hydrogen-bond acceptors (Lipinski definition) is 24. The van der Waals surface area contributed by atoms with Gasteiger partial charge in [0.1, 0.15) is 75.7 Å². The lowest BCUT2D eigenvalue weighted by Gasteiger charge is -2.30. The fourth-order valence-electron chi connectivity index (χ4n) is 10.8. The Hall–Kier alpha value is -12.0. The van der Waals surface area contributed by atoms with Gasteiger partial charge in [-0.05, 0) is 69.7 Å². The van der Waals surface area contributed by atoms with E-state index in [2.05, 4.69) is 91.6 Å². The molecule has 9 atom stereocenters. The lowest BCUT2D eigenvalue weighted by Crippen LogP contribution is -2.57. The Morgan fingerprint density at radius 3 is 2.20 bits per heavy atom. The highest BCUT2D eigenvalue weighted by atomic mass is 32.1. The van der Waals surface area contributed by atoms with E-state index in [1.54, 1.807) is 24.4 Å². The lowest BCUT2D eigenvalue weighted by atomic mass is 10.0. The molecule has 5 aromatic rings. The molecule has 9 unspecified atom stereocenters. The minimum Gasteiger partial charge on any atom is -0.480 e. The number of amides is 13. The number of thiazole rings is 2. The van der Waals surface area contributed by atoms with Crippen molar-refractivity contribution in [2.24, 2.45) is 22.2 Å². The zero-order valence-electron chi connectivity index (χ0n) is 56.2. The van der Waals surface area contributed by atoms with Gasteiger partial charge in [0.15, 0.2) is 0 Å². The summed E-state index contributed by atoms with van der Waals surface area (Å²) >= 11 is 1.96. The Morgan fingerprint density at radius 1 is 0.769 bits per heavy atom. The number of benzene rings is 1. The predicted molar refractivity (Wildman–Crippen MR) is 374 cm³/mol. The SMILES string of the molecule is C=C1NCCN=CC(CO)NC(=O)CNC(=O)C(Cc2c[nH]c3ccccc23)NC(=O)c2ccc(-c3nc(C(=O)NC(C)C(=O)NC(CCC(N)=O)C(=O)N4CCCC4C(=O)NC(CCC(N)=O)C(=O)O)cs3)nc2C2=COC(N2)C(=C)NC(=O)C(C)NC(=O)C(CCC(N)=O)NC(=O)c2csc1n2. The number of pyridine rings is 1. The summed E-state index contributed by atoms with van der Waals surface area (Å²) in [4.78, 5) is 208. The number of aliphatic imine (C=N–C) groups is 1. The van der Waals surface area contributed by atoms with Crippen LogP contribution in [0.5, 0.6) is 0 Å². The molecule has 3 aliphatic heterocycles. The van der Waals surface area contributed by atoms with Crippen LogP contribution in [0.3, 0.4) is 0 Å². The normalized spacial score (nSPS) is 20.4. The van der Waals surface area contributed by atoms with Crippen LogP contribution in [0.4, 0.5) is 0 Å². The second-order valence-electron chi connectivity index (χ2n) is 24.1. The first kappa shape index (κ1) is 77.7. The fourth-order valence-corrected chi connectivity index (χ4v) is 12.3. The Morgan fingerprint density at radius 2 is 1.48 bits per heavy atom. The molecule has 0 aliphatic carbocycles. The fraction of sp³-hybridized carbons (Fsp3) is 0.385. The topological polar surface area (TPSA) is 569 Å². The third kappa shape index (κ3) is 21.1. The minimum atomic E-state index is -1.52. The number of aliphatic carboxylic acids is 1. The van der Waals surface area contributed by atoms with Gasteiger partial charge < -0.3 is 101 Å². The van der Waals surface area contributed by atoms with E-state index in [-0.39, 0.29) is 109 Å². The summed E-state index contributed by atoms with van der Waals surface area (Å²) in [5.41, 5.74) is 16.8. The van der Waals surface area contributed by atoms with Crippen LogP contribution in [0.25, 0.3) is 33.0 Å². The van der Waals surface area contributed by atoms with Crippen LogP contribution in [0, 0.1) is 0 Å². The highest BCUT2D eigenvalue weighted by Gasteiger charge is 2.40. The number of carboxylic acid groups (broad SMARTS) is 1. The molecular weight excluding hydrogens is 1400 g/mol. The molecule has 13 amide bonds. The third-order valence-corrected chi connectivity index (χ3v) is 18.1. The highest BCUT2D eigenvalue weighted by Crippen LogP contribution is 2.29. The zero-order chi connectivity index (χ0) is 75.5. The molecule has 1 fully saturated rings. The van der Waals surface area contributed by atoms with Crippen molar-refractivity contribution >= 4 is 134 Å². The van der Waals surface area contributed by atoms with Gasteiger partial charge in [-0.15, -0.1) is 22.7 Å². The molecule has 4 bridgehead atoms. The number of aromatic amines is 1. The molecule has 1 aromatic carbocycles. The van der Waals surface area contributed by atoms with E-state index in [9.17, 15) is 77.3 Å². The molecule has 39 heteroatoms. The Bertz CT molecular complexity index is 4240. The van der Waals surface area contributed by atoms with Crippen molar-refractivity contribution in [3.8, 4) is 10.7 Å². The van der Waals surface area contributed by atoms with Crippen molar-refractivity contribution in [3.63, 3.8) is 0 Å². The monoisotopic (exact) mass is 1470 g/mol. The van der Waals surface area contributed by atoms with E-state index in [0.29, 0.717) is 33.6 Å². The molecule has 0 saturated carbocycles. The third-order valence-electron chi connectivity index (χ3n) is 16.3. The maximum Gasteiger partial charge on any atom is 0.326 e. The number of rotatable bonds is 21. The number of carboxylic acids is 1. The number of aromatic nitrogens is 4. The summed E-state index contributed by atoms with van der Waals surface area (Å²) in [5.74, 6) is -12.3. The number of nitrogens with zero attached hydrogens (tertiary/aromatic N) is 5. The molecule has 0 radical (unpaired) electrons. The second-order valence-corrected chi connectivity index (χ2v) is 25.8. The number of primary amides is 3. The van der Waals surface area contributed by atoms with Crippen LogP contribution in [0.1, 0.15) is 113 Å². The van der Waals surface area contributed by atoms with Crippen LogP contribution in [-0.2, 0) is 63.9 Å². The maximum absolute atomic E-state index is 15.0. The second kappa shape index (κ2) is 36.0. The Kier molecular flexibility index (Phi) is 26.9. The van der Waals surface area contributed by atoms with E-state index in [1.807, 2.05) is 6.07 Å². The maximum atomic E-state index is 15.0. The molecule has 3 aliphatic rings. The molecule has 552 valence electrons. The first-order chi connectivity index (χ1) is 49.6. The summed E-state index contributed by atoms with van der Waals surface area (Å²) in [6.45, 7) is 9.61. The van der Waals surface area contributed by atoms with E-state index >= 15 is 0 Å². The summed E-state index contributed by atoms with van der Waals surface area (Å²) in [7, 11) is 0. The quantitative estimate of drug-likeness (QED) is 0.0345. The van der Waals surface area contributed by atoms with Gasteiger partial charge in [0.2, 0.25) is 65.3 Å². The number of carbonyl (C=O) groups is 14. The van der Waals surface area contributed by atoms with Crippen molar-refractivity contribution in [1.29, 1.82) is 0 Å². The average molecular weight is 1480 g/mol. The molecule has 1 saturated heterocycles. The number of aliphatic hydroxyl groups is 1. The van der Waals surface area contributed by atoms with E-state index in [0.717, 1.165) is 33.8 Å². The Balaban J connectivity index is 1.05. The van der Waals surface area contributed by atoms with E-state index in [1.165, 1.54) is 43.0 Å². The first-order valence-corrected chi connectivity index (χ1v) is 34.3. The Labute approximate surface area is 600 Å². The number of H-pyrrole nitrogens is 1. The molecule has 104 heavy (non-hydrogen) atoms. The number of ether oxygens (including phenoxy) is 1. The molecular formula is C65H78N20O17S2. The van der Waals surface area contributed by atoms with Crippen LogP contribution in [0.15, 0.2) is 83.5 Å². The molecule has 20 N–H and O–H groups in total. The van der Waals surface area contributed by atoms with Gasteiger partial charge in [-0.2, -0.15) is 0 Å². The number of para-hydroxylation sites is 1. The predicted octanol–water partition coefficient (Wildman–Crippen LogP) is -3.14. The largest absolute Gasteiger partial charge is 0.480 e. The van der Waals surface area contributed by atoms with Crippen molar-refractivity contribution < 1.29 is 82.1 Å². The summed E-state index contributed by atoms with van der Waals surface area (Å²) in [6.07, 6.45) is 1.06. The summed E-state index contributed by atoms with van der Waals surface area (Å²) in [6, 6.07) is -0.822. The van der Waals surface area contributed by atoms with Gasteiger partial charge in [0.05, 0.1) is 54.1 Å². The minimum absolute atomic E-state index is 0.00664. The zero-order valence-corrected chi connectivity index (χ0v) is 57.8. The standard InChI is InChI=1S/C65H78N20O17S2/c1-30-53(91)75-32(3)61-82-44(27-102-61)52-37(11-12-40(77-52)63-84-45(29-104-63)58(96)74-31(2)54(92)79-41(14-17-49(67)88)64(99)85-21-7-10-47(85)60(98)80-42(65(100)101)15-18-50(68)89)55(93)81-43(22-34-23-71-38-9-6-5-8-36(34)38)56(94)72-25-51(90)76-35(26-86)24-69-19-20-70-33(4)62-83-46(28-103-62)59(97)78-39(57(95)73-30)13-16-48(66)87/h5-6,8-9,11-12,23-24,27-31,35,39,41-43,47,61,70-71,82,86H,3-4,7,10,13-22,25-26H2,1-2H3,(H2,66,87)(H2,67,88)(H2,68,89)(H,72,94)(H,73,95)(H,74,96)(H,75,91)(H,76,90)(H,78,97)(H,79,92)(H,80,98)(H,81,93)(H,100,101). The first-order valence-electron chi connectivity index (χ1n) is 32.5. The number of nitrogens with one attached hydrogen (secondary N) is 12. The number of carbonyl (C=O) groups excluding carboxylic acids is 13. The molecule has 8 rings (SSSR count). The van der Waals surface area contributed by atoms with Gasteiger partial charge in [0.25, 0.3) is 17.7 Å². The number of hydrogen-bond donors (Lipinski definition) is 17. The van der Waals surface area contributed by atoms with Gasteiger partial charge in [-0.3, -0.25) is 67.3 Å². The lowest BCUT2D eigenvalue weighted by molar-refractivity contribution is -0.145. The van der Waals surface area contributed by atoms with Crippen molar-refractivity contribution in [2.75, 3.05) is 32.8 Å². The summed E-state index contributed by atoms with van der Waals surface area (Å²) in [5, 5.41) is 52.6. The van der Waals surface area contributed by atoms with Crippen LogP contribution in [-0.4, -0.2) is 211 Å². The van der Waals surface area contributed by atoms with Gasteiger partial charge in [-0.1, -0.05) is 31.4 Å². The van der Waals surface area contributed by atoms with E-state index in [4.69, 9.17) is 26.9 Å². The van der Waals surface area contributed by atoms with Crippen molar-refractivity contribution in [2.45, 2.75) is 126 Å². The average Bonchev–Trinajstić information content (AvgIpc) is 1.54. The molecule has 7 heterocycles. The number of aliphatic hydroxyl groups excluding tert-OH is 1. The van der Waals surface area contributed by atoms with Gasteiger partial charge in [-0.25, -0.2) is 19.7 Å². The van der Waals surface area contributed by atoms with Gasteiger partial charge >= 0.3 is 5.97 Å². The number of nitrogens with two attached hydrogens (primary N) is 3. The molecule has 37 nitrogen and oxygen atoms in total. The number of likely N-dealkylation sites (tertiary alicyclic amines) is 1. The van der Waals surface area contributed by atoms with Crippen LogP contribution in [0.2, 0.25) is 0 Å².